The maximum Gasteiger partial charge on any atom is 0.500 e. The van der Waals surface area contributed by atoms with Crippen LogP contribution in [0.15, 0.2) is 12.5 Å². The van der Waals surface area contributed by atoms with Crippen molar-refractivity contribution < 1.29 is 13.3 Å². The summed E-state index contributed by atoms with van der Waals surface area (Å²) in [4.78, 5) is 4.17. The monoisotopic (exact) mass is 244 g/mol. The quantitative estimate of drug-likeness (QED) is 0.681. The van der Waals surface area contributed by atoms with Crippen molar-refractivity contribution in [3.8, 4) is 0 Å². The number of hydrogen-bond donors (Lipinski definition) is 0. The SMILES string of the molecule is CO[Si](CCCn1cnc(C)c1)(OC)OC. The van der Waals surface area contributed by atoms with E-state index in [1.54, 1.807) is 21.3 Å². The van der Waals surface area contributed by atoms with Crippen LogP contribution in [-0.4, -0.2) is 39.7 Å². The van der Waals surface area contributed by atoms with Crippen LogP contribution in [0, 0.1) is 6.92 Å². The summed E-state index contributed by atoms with van der Waals surface area (Å²) in [6.07, 6.45) is 4.82. The smallest absolute Gasteiger partial charge is 0.377 e. The van der Waals surface area contributed by atoms with Crippen molar-refractivity contribution in [3.63, 3.8) is 0 Å². The molecule has 0 amide bonds. The van der Waals surface area contributed by atoms with Gasteiger partial charge in [0.1, 0.15) is 0 Å². The van der Waals surface area contributed by atoms with Gasteiger partial charge in [-0.1, -0.05) is 0 Å². The summed E-state index contributed by atoms with van der Waals surface area (Å²) in [5.74, 6) is 0. The summed E-state index contributed by atoms with van der Waals surface area (Å²) in [5.41, 5.74) is 1.04. The minimum Gasteiger partial charge on any atom is -0.377 e. The summed E-state index contributed by atoms with van der Waals surface area (Å²) in [6, 6.07) is 0.813. The molecular weight excluding hydrogens is 224 g/mol. The minimum atomic E-state index is -2.40. The highest BCUT2D eigenvalue weighted by Crippen LogP contribution is 2.15. The molecule has 6 heteroatoms. The fourth-order valence-corrected chi connectivity index (χ4v) is 3.33. The topological polar surface area (TPSA) is 45.5 Å². The third kappa shape index (κ3) is 3.41. The number of hydrogen-bond acceptors (Lipinski definition) is 4. The minimum absolute atomic E-state index is 0.813. The van der Waals surface area contributed by atoms with Gasteiger partial charge in [0.25, 0.3) is 0 Å². The average Bonchev–Trinajstić information content (AvgIpc) is 2.71. The maximum atomic E-state index is 5.35. The van der Waals surface area contributed by atoms with E-state index in [1.165, 1.54) is 0 Å². The Morgan fingerprint density at radius 3 is 2.31 bits per heavy atom. The zero-order valence-corrected chi connectivity index (χ0v) is 11.4. The molecule has 5 nitrogen and oxygen atoms in total. The van der Waals surface area contributed by atoms with Gasteiger partial charge in [0.2, 0.25) is 0 Å². The Labute approximate surface area is 97.7 Å². The first kappa shape index (κ1) is 13.4. The Bertz CT molecular complexity index is 305. The predicted molar refractivity (Wildman–Crippen MR) is 63.2 cm³/mol. The summed E-state index contributed by atoms with van der Waals surface area (Å²) in [6.45, 7) is 2.89. The van der Waals surface area contributed by atoms with Crippen molar-refractivity contribution in [2.24, 2.45) is 0 Å². The van der Waals surface area contributed by atoms with E-state index in [0.717, 1.165) is 24.7 Å². The highest BCUT2D eigenvalue weighted by atomic mass is 28.4. The van der Waals surface area contributed by atoms with Crippen molar-refractivity contribution in [2.75, 3.05) is 21.3 Å². The van der Waals surface area contributed by atoms with E-state index in [4.69, 9.17) is 13.3 Å². The number of nitrogens with zero attached hydrogens (tertiary/aromatic N) is 2. The van der Waals surface area contributed by atoms with Gasteiger partial charge < -0.3 is 17.8 Å². The zero-order chi connectivity index (χ0) is 12.0. The molecule has 0 atom stereocenters. The van der Waals surface area contributed by atoms with E-state index in [2.05, 4.69) is 9.55 Å². The summed E-state index contributed by atoms with van der Waals surface area (Å²) in [5, 5.41) is 0. The van der Waals surface area contributed by atoms with Gasteiger partial charge in [-0.25, -0.2) is 4.98 Å². The van der Waals surface area contributed by atoms with E-state index < -0.39 is 8.80 Å². The third-order valence-corrected chi connectivity index (χ3v) is 5.43. The van der Waals surface area contributed by atoms with Crippen molar-refractivity contribution in [1.29, 1.82) is 0 Å². The second-order valence-electron chi connectivity index (χ2n) is 3.65. The molecule has 0 saturated heterocycles. The predicted octanol–water partition coefficient (Wildman–Crippen LogP) is 1.46. The van der Waals surface area contributed by atoms with Crippen molar-refractivity contribution >= 4 is 8.80 Å². The molecule has 0 aliphatic heterocycles. The van der Waals surface area contributed by atoms with E-state index in [1.807, 2.05) is 19.4 Å². The molecule has 1 heterocycles. The standard InChI is InChI=1S/C10H20N2O3Si/c1-10-8-12(9-11-10)6-5-7-16(13-2,14-3)15-4/h8-9H,5-7H2,1-4H3. The molecule has 1 aromatic rings. The van der Waals surface area contributed by atoms with Gasteiger partial charge in [0.05, 0.1) is 12.0 Å². The molecule has 16 heavy (non-hydrogen) atoms. The summed E-state index contributed by atoms with van der Waals surface area (Å²) in [7, 11) is 2.52. The van der Waals surface area contributed by atoms with Crippen LogP contribution in [0.1, 0.15) is 12.1 Å². The Morgan fingerprint density at radius 2 is 1.88 bits per heavy atom. The maximum absolute atomic E-state index is 5.35. The lowest BCUT2D eigenvalue weighted by Crippen LogP contribution is -2.42. The van der Waals surface area contributed by atoms with E-state index in [-0.39, 0.29) is 0 Å². The third-order valence-electron chi connectivity index (χ3n) is 2.59. The molecule has 0 aliphatic carbocycles. The van der Waals surface area contributed by atoms with Crippen LogP contribution in [0.3, 0.4) is 0 Å². The van der Waals surface area contributed by atoms with Crippen LogP contribution in [0.4, 0.5) is 0 Å². The van der Waals surface area contributed by atoms with Gasteiger partial charge in [-0.15, -0.1) is 0 Å². The second kappa shape index (κ2) is 6.14. The molecule has 0 radical (unpaired) electrons. The first-order chi connectivity index (χ1) is 7.65. The van der Waals surface area contributed by atoms with Crippen molar-refractivity contribution in [1.82, 2.24) is 9.55 Å². The number of rotatable bonds is 7. The van der Waals surface area contributed by atoms with Crippen LogP contribution in [0.5, 0.6) is 0 Å². The Hall–Kier alpha value is -0.693. The molecule has 0 unspecified atom stereocenters. The average molecular weight is 244 g/mol. The van der Waals surface area contributed by atoms with Gasteiger partial charge in [-0.05, 0) is 13.3 Å². The molecule has 0 N–H and O–H groups in total. The lowest BCUT2D eigenvalue weighted by molar-refractivity contribution is 0.122. The van der Waals surface area contributed by atoms with Crippen molar-refractivity contribution in [2.45, 2.75) is 25.9 Å². The van der Waals surface area contributed by atoms with Crippen LogP contribution >= 0.6 is 0 Å². The molecule has 0 bridgehead atoms. The van der Waals surface area contributed by atoms with Gasteiger partial charge in [-0.3, -0.25) is 0 Å². The Morgan fingerprint density at radius 1 is 1.25 bits per heavy atom. The van der Waals surface area contributed by atoms with Gasteiger partial charge >= 0.3 is 8.80 Å². The number of imidazole rings is 1. The van der Waals surface area contributed by atoms with Crippen molar-refractivity contribution in [3.05, 3.63) is 18.2 Å². The normalized spacial score (nSPS) is 12.0. The first-order valence-corrected chi connectivity index (χ1v) is 7.23. The molecule has 0 aliphatic rings. The lowest BCUT2D eigenvalue weighted by atomic mass is 10.5. The molecule has 0 fully saturated rings. The number of aryl methyl sites for hydroxylation is 2. The zero-order valence-electron chi connectivity index (χ0n) is 10.4. The largest absolute Gasteiger partial charge is 0.500 e. The molecular formula is C10H20N2O3Si. The fourth-order valence-electron chi connectivity index (χ4n) is 1.63. The molecule has 1 aromatic heterocycles. The van der Waals surface area contributed by atoms with E-state index in [9.17, 15) is 0 Å². The lowest BCUT2D eigenvalue weighted by Gasteiger charge is -2.24. The van der Waals surface area contributed by atoms with Crippen LogP contribution in [0.2, 0.25) is 6.04 Å². The number of aromatic nitrogens is 2. The van der Waals surface area contributed by atoms with E-state index in [0.29, 0.717) is 0 Å². The second-order valence-corrected chi connectivity index (χ2v) is 6.74. The van der Waals surface area contributed by atoms with E-state index >= 15 is 0 Å². The molecule has 0 spiro atoms. The molecule has 92 valence electrons. The van der Waals surface area contributed by atoms with Crippen LogP contribution < -0.4 is 0 Å². The molecule has 1 rings (SSSR count). The van der Waals surface area contributed by atoms with Crippen LogP contribution in [-0.2, 0) is 19.8 Å². The Balaban J connectivity index is 2.39. The van der Waals surface area contributed by atoms with Gasteiger partial charge in [-0.2, -0.15) is 0 Å². The summed E-state index contributed by atoms with van der Waals surface area (Å²) < 4.78 is 18.1. The molecule has 0 saturated carbocycles. The highest BCUT2D eigenvalue weighted by molar-refractivity contribution is 6.60. The van der Waals surface area contributed by atoms with Gasteiger partial charge in [0, 0.05) is 40.1 Å². The van der Waals surface area contributed by atoms with Gasteiger partial charge in [0.15, 0.2) is 0 Å². The van der Waals surface area contributed by atoms with Crippen LogP contribution in [0.25, 0.3) is 0 Å². The highest BCUT2D eigenvalue weighted by Gasteiger charge is 2.36. The first-order valence-electron chi connectivity index (χ1n) is 5.29. The summed E-state index contributed by atoms with van der Waals surface area (Å²) >= 11 is 0. The Kier molecular flexibility index (Phi) is 5.13. The molecule has 0 aromatic carbocycles. The fraction of sp³-hybridized carbons (Fsp3) is 0.700.